The number of hydrogen-bond donors (Lipinski definition) is 0. The standard InChI is InChI=1S/C20H24N2O2/c1-24-15-8-6-13(7-9-15)14-10-19-16(20(23)11-14)12-21-17-4-2-3-5-18(17)22-19/h6-9,12,14,16-18H,2-5,10-11H2,1H3/t14-,16?,17-,18-/m0/s1. The Morgan fingerprint density at radius 1 is 1.04 bits per heavy atom. The summed E-state index contributed by atoms with van der Waals surface area (Å²) in [7, 11) is 1.67. The number of carbonyl (C=O) groups excluding carboxylic acids is 1. The highest BCUT2D eigenvalue weighted by Crippen LogP contribution is 2.35. The summed E-state index contributed by atoms with van der Waals surface area (Å²) < 4.78 is 5.23. The van der Waals surface area contributed by atoms with Crippen molar-refractivity contribution < 1.29 is 9.53 Å². The number of nitrogens with zero attached hydrogens (tertiary/aromatic N) is 2. The van der Waals surface area contributed by atoms with Gasteiger partial charge in [-0.1, -0.05) is 25.0 Å². The molecular weight excluding hydrogens is 300 g/mol. The lowest BCUT2D eigenvalue weighted by atomic mass is 9.76. The Hall–Kier alpha value is -1.97. The van der Waals surface area contributed by atoms with E-state index in [1.165, 1.54) is 18.4 Å². The van der Waals surface area contributed by atoms with Crippen molar-refractivity contribution >= 4 is 17.7 Å². The SMILES string of the molecule is COc1ccc([C@@H]2CC(=O)C3C=N[C@H]4CCCC[C@@H]4N=C3C2)cc1. The van der Waals surface area contributed by atoms with E-state index in [1.54, 1.807) is 7.11 Å². The van der Waals surface area contributed by atoms with Crippen LogP contribution in [-0.2, 0) is 4.79 Å². The first-order valence-electron chi connectivity index (χ1n) is 9.01. The molecule has 1 aromatic carbocycles. The second kappa shape index (κ2) is 6.50. The zero-order valence-electron chi connectivity index (χ0n) is 14.1. The fourth-order valence-corrected chi connectivity index (χ4v) is 4.25. The Morgan fingerprint density at radius 3 is 2.54 bits per heavy atom. The lowest BCUT2D eigenvalue weighted by Crippen LogP contribution is -2.34. The number of hydrogen-bond acceptors (Lipinski definition) is 4. The number of ketones is 1. The van der Waals surface area contributed by atoms with E-state index in [0.29, 0.717) is 12.5 Å². The third kappa shape index (κ3) is 2.90. The number of methoxy groups -OCH3 is 1. The predicted octanol–water partition coefficient (Wildman–Crippen LogP) is 3.59. The van der Waals surface area contributed by atoms with Gasteiger partial charge in [-0.05, 0) is 42.9 Å². The Bertz CT molecular complexity index is 677. The minimum Gasteiger partial charge on any atom is -0.497 e. The summed E-state index contributed by atoms with van der Waals surface area (Å²) in [5.74, 6) is 1.17. The van der Waals surface area contributed by atoms with Gasteiger partial charge in [0.05, 0.1) is 25.1 Å². The molecule has 2 aliphatic carbocycles. The van der Waals surface area contributed by atoms with E-state index in [-0.39, 0.29) is 23.7 Å². The zero-order chi connectivity index (χ0) is 16.5. The molecule has 1 unspecified atom stereocenters. The van der Waals surface area contributed by atoms with Gasteiger partial charge >= 0.3 is 0 Å². The molecule has 0 bridgehead atoms. The highest BCUT2D eigenvalue weighted by molar-refractivity contribution is 6.18. The van der Waals surface area contributed by atoms with Crippen molar-refractivity contribution in [1.82, 2.24) is 0 Å². The van der Waals surface area contributed by atoms with Gasteiger partial charge in [0.1, 0.15) is 11.5 Å². The van der Waals surface area contributed by atoms with Crippen LogP contribution in [0.2, 0.25) is 0 Å². The van der Waals surface area contributed by atoms with Crippen LogP contribution in [-0.4, -0.2) is 36.9 Å². The van der Waals surface area contributed by atoms with E-state index in [0.717, 1.165) is 30.7 Å². The molecule has 24 heavy (non-hydrogen) atoms. The van der Waals surface area contributed by atoms with Crippen molar-refractivity contribution in [1.29, 1.82) is 0 Å². The molecule has 3 aliphatic rings. The first-order chi connectivity index (χ1) is 11.7. The van der Waals surface area contributed by atoms with Crippen molar-refractivity contribution in [2.24, 2.45) is 15.9 Å². The smallest absolute Gasteiger partial charge is 0.147 e. The molecule has 1 aliphatic heterocycles. The molecule has 0 amide bonds. The third-order valence-electron chi connectivity index (χ3n) is 5.65. The lowest BCUT2D eigenvalue weighted by Gasteiger charge is -2.28. The predicted molar refractivity (Wildman–Crippen MR) is 95.4 cm³/mol. The van der Waals surface area contributed by atoms with Crippen LogP contribution in [0.1, 0.15) is 50.0 Å². The minimum atomic E-state index is -0.176. The van der Waals surface area contributed by atoms with E-state index in [2.05, 4.69) is 12.1 Å². The second-order valence-electron chi connectivity index (χ2n) is 7.16. The van der Waals surface area contributed by atoms with E-state index in [4.69, 9.17) is 14.7 Å². The van der Waals surface area contributed by atoms with Crippen LogP contribution in [0.4, 0.5) is 0 Å². The quantitative estimate of drug-likeness (QED) is 0.834. The van der Waals surface area contributed by atoms with Crippen molar-refractivity contribution in [2.45, 2.75) is 56.5 Å². The first-order valence-corrected chi connectivity index (χ1v) is 9.01. The molecule has 1 aromatic rings. The number of carbonyl (C=O) groups is 1. The molecule has 0 aromatic heterocycles. The van der Waals surface area contributed by atoms with Crippen molar-refractivity contribution in [3.05, 3.63) is 29.8 Å². The fourth-order valence-electron chi connectivity index (χ4n) is 4.25. The highest BCUT2D eigenvalue weighted by atomic mass is 16.5. The molecule has 126 valence electrons. The van der Waals surface area contributed by atoms with Gasteiger partial charge in [-0.2, -0.15) is 0 Å². The van der Waals surface area contributed by atoms with Crippen LogP contribution in [0.3, 0.4) is 0 Å². The second-order valence-corrected chi connectivity index (χ2v) is 7.16. The molecule has 4 heteroatoms. The first kappa shape index (κ1) is 15.6. The minimum absolute atomic E-state index is 0.176. The molecule has 2 fully saturated rings. The topological polar surface area (TPSA) is 51.0 Å². The van der Waals surface area contributed by atoms with Gasteiger partial charge in [-0.3, -0.25) is 14.8 Å². The van der Waals surface area contributed by atoms with Crippen LogP contribution >= 0.6 is 0 Å². The Balaban J connectivity index is 1.60. The van der Waals surface area contributed by atoms with Crippen LogP contribution in [0.15, 0.2) is 34.3 Å². The number of benzene rings is 1. The summed E-state index contributed by atoms with van der Waals surface area (Å²) in [6.45, 7) is 0. The average Bonchev–Trinajstić information content (AvgIpc) is 2.81. The molecule has 0 spiro atoms. The van der Waals surface area contributed by atoms with Gasteiger partial charge in [-0.15, -0.1) is 0 Å². The molecular formula is C20H24N2O2. The Kier molecular flexibility index (Phi) is 4.21. The normalized spacial score (nSPS) is 32.4. The maximum Gasteiger partial charge on any atom is 0.147 e. The van der Waals surface area contributed by atoms with Gasteiger partial charge in [0.15, 0.2) is 0 Å². The maximum atomic E-state index is 12.7. The largest absolute Gasteiger partial charge is 0.497 e. The Morgan fingerprint density at radius 2 is 1.79 bits per heavy atom. The Labute approximate surface area is 143 Å². The monoisotopic (exact) mass is 324 g/mol. The summed E-state index contributed by atoms with van der Waals surface area (Å²) >= 11 is 0. The molecule has 4 atom stereocenters. The molecule has 0 saturated heterocycles. The van der Waals surface area contributed by atoms with Gasteiger partial charge < -0.3 is 4.74 Å². The van der Waals surface area contributed by atoms with Crippen molar-refractivity contribution in [2.75, 3.05) is 7.11 Å². The summed E-state index contributed by atoms with van der Waals surface area (Å²) in [5, 5.41) is 0. The summed E-state index contributed by atoms with van der Waals surface area (Å²) in [6.07, 6.45) is 8.04. The van der Waals surface area contributed by atoms with E-state index < -0.39 is 0 Å². The summed E-state index contributed by atoms with van der Waals surface area (Å²) in [4.78, 5) is 22.4. The summed E-state index contributed by atoms with van der Waals surface area (Å²) in [5.41, 5.74) is 2.26. The average molecular weight is 324 g/mol. The zero-order valence-corrected chi connectivity index (χ0v) is 14.1. The van der Waals surface area contributed by atoms with Gasteiger partial charge in [0.25, 0.3) is 0 Å². The van der Waals surface area contributed by atoms with E-state index in [9.17, 15) is 4.79 Å². The van der Waals surface area contributed by atoms with Crippen molar-refractivity contribution in [3.8, 4) is 5.75 Å². The number of ether oxygens (including phenoxy) is 1. The third-order valence-corrected chi connectivity index (χ3v) is 5.65. The molecule has 0 N–H and O–H groups in total. The number of aliphatic imine (C=N–C) groups is 2. The molecule has 4 rings (SSSR count). The van der Waals surface area contributed by atoms with Crippen LogP contribution in [0.5, 0.6) is 5.75 Å². The lowest BCUT2D eigenvalue weighted by molar-refractivity contribution is -0.120. The number of Topliss-reactive ketones (excluding diaryl/α,β-unsaturated/α-hetero) is 1. The number of fused-ring (bicyclic) bond motifs is 2. The van der Waals surface area contributed by atoms with Crippen LogP contribution in [0.25, 0.3) is 0 Å². The summed E-state index contributed by atoms with van der Waals surface area (Å²) in [6, 6.07) is 8.68. The highest BCUT2D eigenvalue weighted by Gasteiger charge is 2.37. The fraction of sp³-hybridized carbons (Fsp3) is 0.550. The van der Waals surface area contributed by atoms with Crippen molar-refractivity contribution in [3.63, 3.8) is 0 Å². The van der Waals surface area contributed by atoms with Crippen LogP contribution < -0.4 is 4.74 Å². The van der Waals surface area contributed by atoms with E-state index >= 15 is 0 Å². The maximum absolute atomic E-state index is 12.7. The molecule has 1 heterocycles. The van der Waals surface area contributed by atoms with Gasteiger partial charge in [-0.25, -0.2) is 0 Å². The van der Waals surface area contributed by atoms with E-state index in [1.807, 2.05) is 18.3 Å². The van der Waals surface area contributed by atoms with Crippen LogP contribution in [0, 0.1) is 5.92 Å². The number of rotatable bonds is 2. The molecule has 2 saturated carbocycles. The van der Waals surface area contributed by atoms with Gasteiger partial charge in [0.2, 0.25) is 0 Å². The molecule has 4 nitrogen and oxygen atoms in total. The van der Waals surface area contributed by atoms with Gasteiger partial charge in [0, 0.05) is 18.3 Å². The molecule has 0 radical (unpaired) electrons.